The van der Waals surface area contributed by atoms with Gasteiger partial charge in [-0.15, -0.1) is 0 Å². The number of rotatable bonds is 7. The van der Waals surface area contributed by atoms with Crippen LogP contribution < -0.4 is 10.5 Å². The van der Waals surface area contributed by atoms with Gasteiger partial charge in [0.2, 0.25) is 5.82 Å². The molecule has 4 aromatic rings. The fourth-order valence-electron chi connectivity index (χ4n) is 4.87. The van der Waals surface area contributed by atoms with Crippen LogP contribution in [0.3, 0.4) is 0 Å². The first-order chi connectivity index (χ1) is 19.3. The summed E-state index contributed by atoms with van der Waals surface area (Å²) in [4.78, 5) is 23.5. The standard InChI is InChI=1S/C29H27F2N7O2/c1-17(2)13-19(14-32)29(39)37-12-4-5-20(37)15-38-28-24(27(33)34-16-35-28)26(36-38)18-8-10-21(11-9-18)40-23-7-3-6-22(30)25(23)31/h3,6-11,13,16-17,20H,4-5,12,15H2,1-2H3,(H2,33,34,35)/b19-13-/t20-/m0/s1. The minimum absolute atomic E-state index is 0.0709. The quantitative estimate of drug-likeness (QED) is 0.250. The fraction of sp³-hybridized carbons (Fsp3) is 0.276. The first-order valence-corrected chi connectivity index (χ1v) is 12.9. The van der Waals surface area contributed by atoms with Crippen molar-refractivity contribution in [3.8, 4) is 28.8 Å². The average molecular weight is 544 g/mol. The SMILES string of the molecule is CC(C)/C=C(/C#N)C(=O)N1CCC[C@H]1Cn1nc(-c2ccc(Oc3cccc(F)c3F)cc2)c2c(N)ncnc21. The summed E-state index contributed by atoms with van der Waals surface area (Å²) in [7, 11) is 0. The van der Waals surface area contributed by atoms with Gasteiger partial charge in [0, 0.05) is 12.1 Å². The van der Waals surface area contributed by atoms with Crippen LogP contribution >= 0.6 is 0 Å². The number of halogens is 2. The van der Waals surface area contributed by atoms with Gasteiger partial charge < -0.3 is 15.4 Å². The molecular formula is C29H27F2N7O2. The molecule has 0 aliphatic carbocycles. The fourth-order valence-corrected chi connectivity index (χ4v) is 4.87. The average Bonchev–Trinajstić information content (AvgIpc) is 3.56. The van der Waals surface area contributed by atoms with Crippen molar-refractivity contribution in [1.29, 1.82) is 5.26 Å². The van der Waals surface area contributed by atoms with Gasteiger partial charge >= 0.3 is 0 Å². The Balaban J connectivity index is 1.44. The number of nitrogens with zero attached hydrogens (tertiary/aromatic N) is 6. The van der Waals surface area contributed by atoms with Crippen LogP contribution in [-0.2, 0) is 11.3 Å². The van der Waals surface area contributed by atoms with E-state index in [2.05, 4.69) is 9.97 Å². The van der Waals surface area contributed by atoms with E-state index in [1.807, 2.05) is 19.9 Å². The monoisotopic (exact) mass is 543 g/mol. The summed E-state index contributed by atoms with van der Waals surface area (Å²) < 4.78 is 34.8. The van der Waals surface area contributed by atoms with Crippen LogP contribution in [0.25, 0.3) is 22.3 Å². The van der Waals surface area contributed by atoms with E-state index in [9.17, 15) is 18.8 Å². The number of allylic oxidation sites excluding steroid dienone is 1. The predicted molar refractivity (Wildman–Crippen MR) is 145 cm³/mol. The lowest BCUT2D eigenvalue weighted by atomic mass is 10.1. The number of hydrogen-bond acceptors (Lipinski definition) is 7. The van der Waals surface area contributed by atoms with E-state index < -0.39 is 11.6 Å². The molecule has 0 unspecified atom stereocenters. The van der Waals surface area contributed by atoms with E-state index in [4.69, 9.17) is 15.6 Å². The first-order valence-electron chi connectivity index (χ1n) is 12.9. The number of carbonyl (C=O) groups excluding carboxylic acids is 1. The van der Waals surface area contributed by atoms with Crippen LogP contribution in [0.2, 0.25) is 0 Å². The molecule has 0 saturated carbocycles. The third-order valence-electron chi connectivity index (χ3n) is 6.70. The Morgan fingerprint density at radius 2 is 2.00 bits per heavy atom. The molecule has 1 atom stereocenters. The Bertz CT molecular complexity index is 1640. The molecule has 2 N–H and O–H groups in total. The van der Waals surface area contributed by atoms with Gasteiger partial charge in [-0.25, -0.2) is 19.0 Å². The molecule has 1 amide bonds. The van der Waals surface area contributed by atoms with Crippen molar-refractivity contribution in [2.75, 3.05) is 12.3 Å². The number of aromatic nitrogens is 4. The summed E-state index contributed by atoms with van der Waals surface area (Å²) >= 11 is 0. The molecule has 204 valence electrons. The number of nitrogen functional groups attached to an aromatic ring is 1. The van der Waals surface area contributed by atoms with E-state index in [0.717, 1.165) is 18.9 Å². The van der Waals surface area contributed by atoms with Crippen LogP contribution in [0.5, 0.6) is 11.5 Å². The van der Waals surface area contributed by atoms with Gasteiger partial charge in [0.1, 0.15) is 35.2 Å². The highest BCUT2D eigenvalue weighted by Crippen LogP contribution is 2.33. The third kappa shape index (κ3) is 5.20. The van der Waals surface area contributed by atoms with Crippen molar-refractivity contribution >= 4 is 22.8 Å². The Kier molecular flexibility index (Phi) is 7.42. The van der Waals surface area contributed by atoms with Crippen molar-refractivity contribution < 1.29 is 18.3 Å². The molecule has 1 saturated heterocycles. The molecule has 9 nitrogen and oxygen atoms in total. The van der Waals surface area contributed by atoms with E-state index in [-0.39, 0.29) is 35.0 Å². The van der Waals surface area contributed by atoms with Crippen LogP contribution in [0.15, 0.2) is 60.4 Å². The molecule has 1 aliphatic rings. The molecule has 1 aliphatic heterocycles. The molecule has 2 aromatic carbocycles. The number of fused-ring (bicyclic) bond motifs is 1. The second-order valence-electron chi connectivity index (χ2n) is 9.90. The van der Waals surface area contributed by atoms with Gasteiger partial charge in [0.15, 0.2) is 17.2 Å². The Morgan fingerprint density at radius 1 is 1.23 bits per heavy atom. The van der Waals surface area contributed by atoms with E-state index in [1.165, 1.54) is 18.5 Å². The van der Waals surface area contributed by atoms with Crippen molar-refractivity contribution in [3.63, 3.8) is 0 Å². The Labute approximate surface area is 229 Å². The summed E-state index contributed by atoms with van der Waals surface area (Å²) in [5.74, 6) is -1.94. The minimum atomic E-state index is -1.07. The van der Waals surface area contributed by atoms with E-state index in [0.29, 0.717) is 41.1 Å². The molecule has 0 spiro atoms. The second kappa shape index (κ2) is 11.1. The highest BCUT2D eigenvalue weighted by Gasteiger charge is 2.32. The van der Waals surface area contributed by atoms with Crippen LogP contribution in [-0.4, -0.2) is 43.1 Å². The zero-order valence-electron chi connectivity index (χ0n) is 22.0. The molecule has 0 radical (unpaired) electrons. The molecule has 40 heavy (non-hydrogen) atoms. The van der Waals surface area contributed by atoms with Crippen molar-refractivity contribution in [2.45, 2.75) is 39.3 Å². The van der Waals surface area contributed by atoms with E-state index >= 15 is 0 Å². The van der Waals surface area contributed by atoms with Gasteiger partial charge in [-0.2, -0.15) is 14.8 Å². The van der Waals surface area contributed by atoms with Gasteiger partial charge in [-0.05, 0) is 55.2 Å². The second-order valence-corrected chi connectivity index (χ2v) is 9.90. The molecule has 1 fully saturated rings. The number of benzene rings is 2. The van der Waals surface area contributed by atoms with E-state index in [1.54, 1.807) is 39.9 Å². The third-order valence-corrected chi connectivity index (χ3v) is 6.70. The summed E-state index contributed by atoms with van der Waals surface area (Å²) in [5.41, 5.74) is 8.11. The highest BCUT2D eigenvalue weighted by atomic mass is 19.2. The molecule has 5 rings (SSSR count). The largest absolute Gasteiger partial charge is 0.454 e. The number of nitrogens with two attached hydrogens (primary N) is 1. The summed E-state index contributed by atoms with van der Waals surface area (Å²) in [5, 5.41) is 14.9. The zero-order chi connectivity index (χ0) is 28.4. The van der Waals surface area contributed by atoms with Crippen LogP contribution in [0.4, 0.5) is 14.6 Å². The molecule has 0 bridgehead atoms. The number of hydrogen-bond donors (Lipinski definition) is 1. The lowest BCUT2D eigenvalue weighted by Crippen LogP contribution is -2.39. The Morgan fingerprint density at radius 3 is 2.73 bits per heavy atom. The minimum Gasteiger partial charge on any atom is -0.454 e. The molecule has 3 heterocycles. The zero-order valence-corrected chi connectivity index (χ0v) is 22.0. The van der Waals surface area contributed by atoms with Crippen LogP contribution in [0.1, 0.15) is 26.7 Å². The maximum atomic E-state index is 14.0. The van der Waals surface area contributed by atoms with Crippen LogP contribution in [0, 0.1) is 28.9 Å². The first kappa shape index (κ1) is 26.7. The predicted octanol–water partition coefficient (Wildman–Crippen LogP) is 5.24. The number of likely N-dealkylation sites (tertiary alicyclic amines) is 1. The number of carbonyl (C=O) groups is 1. The van der Waals surface area contributed by atoms with Crippen molar-refractivity contribution in [2.24, 2.45) is 5.92 Å². The lowest BCUT2D eigenvalue weighted by Gasteiger charge is -2.24. The smallest absolute Gasteiger partial charge is 0.264 e. The summed E-state index contributed by atoms with van der Waals surface area (Å²) in [6.45, 7) is 4.76. The lowest BCUT2D eigenvalue weighted by molar-refractivity contribution is -0.127. The van der Waals surface area contributed by atoms with Crippen molar-refractivity contribution in [3.05, 3.63) is 72.1 Å². The molecular weight excluding hydrogens is 516 g/mol. The normalized spacial score (nSPS) is 15.6. The van der Waals surface area contributed by atoms with Gasteiger partial charge in [-0.3, -0.25) is 4.79 Å². The summed E-state index contributed by atoms with van der Waals surface area (Å²) in [6, 6.07) is 12.3. The number of nitriles is 1. The number of amides is 1. The summed E-state index contributed by atoms with van der Waals surface area (Å²) in [6.07, 6.45) is 4.61. The maximum Gasteiger partial charge on any atom is 0.264 e. The Hall–Kier alpha value is -4.85. The van der Waals surface area contributed by atoms with Gasteiger partial charge in [0.25, 0.3) is 5.91 Å². The topological polar surface area (TPSA) is 123 Å². The van der Waals surface area contributed by atoms with Crippen molar-refractivity contribution in [1.82, 2.24) is 24.6 Å². The number of ether oxygens (including phenoxy) is 1. The molecule has 2 aromatic heterocycles. The molecule has 11 heteroatoms. The highest BCUT2D eigenvalue weighted by molar-refractivity contribution is 5.99. The maximum absolute atomic E-state index is 14.0. The number of anilines is 1. The van der Waals surface area contributed by atoms with Gasteiger partial charge in [0.05, 0.1) is 18.0 Å². The van der Waals surface area contributed by atoms with Gasteiger partial charge in [-0.1, -0.05) is 26.0 Å².